The second kappa shape index (κ2) is 6.23. The van der Waals surface area contributed by atoms with Crippen LogP contribution in [-0.2, 0) is 0 Å². The van der Waals surface area contributed by atoms with Gasteiger partial charge in [-0.25, -0.2) is 9.97 Å². The molecule has 0 amide bonds. The zero-order valence-electron chi connectivity index (χ0n) is 12.2. The van der Waals surface area contributed by atoms with Gasteiger partial charge in [0.2, 0.25) is 0 Å². The summed E-state index contributed by atoms with van der Waals surface area (Å²) in [5.74, 6) is 2.28. The van der Waals surface area contributed by atoms with Crippen molar-refractivity contribution in [2.75, 3.05) is 26.1 Å². The van der Waals surface area contributed by atoms with Crippen molar-refractivity contribution < 1.29 is 9.47 Å². The van der Waals surface area contributed by atoms with Gasteiger partial charge in [0.1, 0.15) is 23.6 Å². The Labute approximate surface area is 119 Å². The molecular weight excluding hydrogens is 254 g/mol. The third-order valence-corrected chi connectivity index (χ3v) is 3.09. The van der Waals surface area contributed by atoms with Crippen LogP contribution >= 0.6 is 0 Å². The number of aromatic nitrogens is 2. The predicted molar refractivity (Wildman–Crippen MR) is 79.5 cm³/mol. The SMILES string of the molecule is CCNc1ncnc(-c2c(OC)cccc2OC)c1C. The maximum Gasteiger partial charge on any atom is 0.132 e. The van der Waals surface area contributed by atoms with E-state index in [9.17, 15) is 0 Å². The van der Waals surface area contributed by atoms with E-state index < -0.39 is 0 Å². The Morgan fingerprint density at radius 3 is 2.30 bits per heavy atom. The Morgan fingerprint density at radius 2 is 1.75 bits per heavy atom. The number of ether oxygens (including phenoxy) is 2. The predicted octanol–water partition coefficient (Wildman–Crippen LogP) is 2.90. The van der Waals surface area contributed by atoms with Crippen molar-refractivity contribution >= 4 is 5.82 Å². The molecule has 0 spiro atoms. The molecule has 0 fully saturated rings. The monoisotopic (exact) mass is 273 g/mol. The van der Waals surface area contributed by atoms with E-state index in [4.69, 9.17) is 9.47 Å². The maximum atomic E-state index is 5.44. The van der Waals surface area contributed by atoms with Crippen LogP contribution in [0.2, 0.25) is 0 Å². The Balaban J connectivity index is 2.65. The van der Waals surface area contributed by atoms with E-state index in [1.807, 2.05) is 32.0 Å². The van der Waals surface area contributed by atoms with Gasteiger partial charge in [0, 0.05) is 12.1 Å². The molecule has 0 atom stereocenters. The molecule has 1 N–H and O–H groups in total. The fraction of sp³-hybridized carbons (Fsp3) is 0.333. The van der Waals surface area contributed by atoms with Crippen molar-refractivity contribution in [2.24, 2.45) is 0 Å². The molecule has 0 aliphatic rings. The summed E-state index contributed by atoms with van der Waals surface area (Å²) >= 11 is 0. The molecular formula is C15H19N3O2. The number of methoxy groups -OCH3 is 2. The number of benzene rings is 1. The number of hydrogen-bond acceptors (Lipinski definition) is 5. The Kier molecular flexibility index (Phi) is 4.40. The van der Waals surface area contributed by atoms with Gasteiger partial charge in [-0.05, 0) is 26.0 Å². The van der Waals surface area contributed by atoms with Crippen LogP contribution in [0.4, 0.5) is 5.82 Å². The van der Waals surface area contributed by atoms with Gasteiger partial charge in [-0.3, -0.25) is 0 Å². The number of nitrogens with zero attached hydrogens (tertiary/aromatic N) is 2. The Bertz CT molecular complexity index is 577. The van der Waals surface area contributed by atoms with Gasteiger partial charge in [0.05, 0.1) is 25.5 Å². The van der Waals surface area contributed by atoms with Crippen molar-refractivity contribution in [1.29, 1.82) is 0 Å². The maximum absolute atomic E-state index is 5.44. The van der Waals surface area contributed by atoms with Gasteiger partial charge >= 0.3 is 0 Å². The van der Waals surface area contributed by atoms with Gasteiger partial charge in [0.25, 0.3) is 0 Å². The molecule has 2 aromatic rings. The van der Waals surface area contributed by atoms with Crippen molar-refractivity contribution in [2.45, 2.75) is 13.8 Å². The zero-order valence-corrected chi connectivity index (χ0v) is 12.2. The quantitative estimate of drug-likeness (QED) is 0.907. The summed E-state index contributed by atoms with van der Waals surface area (Å²) in [5.41, 5.74) is 2.62. The lowest BCUT2D eigenvalue weighted by Crippen LogP contribution is -2.04. The molecule has 5 heteroatoms. The van der Waals surface area contributed by atoms with E-state index in [-0.39, 0.29) is 0 Å². The molecule has 106 valence electrons. The summed E-state index contributed by atoms with van der Waals surface area (Å²) in [6, 6.07) is 5.68. The van der Waals surface area contributed by atoms with Gasteiger partial charge in [-0.15, -0.1) is 0 Å². The van der Waals surface area contributed by atoms with E-state index in [0.717, 1.165) is 40.7 Å². The summed E-state index contributed by atoms with van der Waals surface area (Å²) in [6.45, 7) is 4.82. The second-order valence-electron chi connectivity index (χ2n) is 4.26. The van der Waals surface area contributed by atoms with Crippen molar-refractivity contribution in [3.8, 4) is 22.8 Å². The molecule has 20 heavy (non-hydrogen) atoms. The Hall–Kier alpha value is -2.30. The van der Waals surface area contributed by atoms with Crippen LogP contribution in [0.15, 0.2) is 24.5 Å². The van der Waals surface area contributed by atoms with Crippen LogP contribution in [-0.4, -0.2) is 30.7 Å². The van der Waals surface area contributed by atoms with Gasteiger partial charge in [-0.2, -0.15) is 0 Å². The van der Waals surface area contributed by atoms with E-state index in [0.29, 0.717) is 0 Å². The number of anilines is 1. The normalized spacial score (nSPS) is 10.2. The van der Waals surface area contributed by atoms with Crippen LogP contribution in [0.5, 0.6) is 11.5 Å². The molecule has 1 heterocycles. The average Bonchev–Trinajstić information content (AvgIpc) is 2.49. The molecule has 0 aliphatic heterocycles. The summed E-state index contributed by atoms with van der Waals surface area (Å²) < 4.78 is 10.9. The molecule has 2 rings (SSSR count). The van der Waals surface area contributed by atoms with Crippen LogP contribution < -0.4 is 14.8 Å². The highest BCUT2D eigenvalue weighted by Crippen LogP contribution is 2.39. The third-order valence-electron chi connectivity index (χ3n) is 3.09. The molecule has 0 aliphatic carbocycles. The first-order valence-electron chi connectivity index (χ1n) is 6.49. The lowest BCUT2D eigenvalue weighted by atomic mass is 10.0. The summed E-state index contributed by atoms with van der Waals surface area (Å²) in [4.78, 5) is 8.66. The highest BCUT2D eigenvalue weighted by Gasteiger charge is 2.17. The first-order valence-corrected chi connectivity index (χ1v) is 6.49. The summed E-state index contributed by atoms with van der Waals surface area (Å²) in [5, 5.41) is 3.23. The van der Waals surface area contributed by atoms with Gasteiger partial charge in [-0.1, -0.05) is 6.07 Å². The van der Waals surface area contributed by atoms with E-state index >= 15 is 0 Å². The molecule has 0 saturated heterocycles. The van der Waals surface area contributed by atoms with Crippen LogP contribution in [0.1, 0.15) is 12.5 Å². The van der Waals surface area contributed by atoms with Crippen LogP contribution in [0, 0.1) is 6.92 Å². The second-order valence-corrected chi connectivity index (χ2v) is 4.26. The smallest absolute Gasteiger partial charge is 0.132 e. The largest absolute Gasteiger partial charge is 0.496 e. The van der Waals surface area contributed by atoms with Gasteiger partial charge in [0.15, 0.2) is 0 Å². The average molecular weight is 273 g/mol. The fourth-order valence-electron chi connectivity index (χ4n) is 2.13. The topological polar surface area (TPSA) is 56.3 Å². The highest BCUT2D eigenvalue weighted by molar-refractivity contribution is 5.78. The molecule has 1 aromatic heterocycles. The zero-order chi connectivity index (χ0) is 14.5. The van der Waals surface area contributed by atoms with E-state index in [1.165, 1.54) is 0 Å². The van der Waals surface area contributed by atoms with E-state index in [2.05, 4.69) is 15.3 Å². The van der Waals surface area contributed by atoms with E-state index in [1.54, 1.807) is 20.5 Å². The third kappa shape index (κ3) is 2.52. The van der Waals surface area contributed by atoms with Crippen LogP contribution in [0.25, 0.3) is 11.3 Å². The first kappa shape index (κ1) is 14.1. The standard InChI is InChI=1S/C15H19N3O2/c1-5-16-15-10(2)14(17-9-18-15)13-11(19-3)7-6-8-12(13)20-4/h6-9H,5H2,1-4H3,(H,16,17,18). The molecule has 0 radical (unpaired) electrons. The minimum Gasteiger partial charge on any atom is -0.496 e. The number of rotatable bonds is 5. The molecule has 0 bridgehead atoms. The summed E-state index contributed by atoms with van der Waals surface area (Å²) in [7, 11) is 3.28. The Morgan fingerprint density at radius 1 is 1.10 bits per heavy atom. The highest BCUT2D eigenvalue weighted by atomic mass is 16.5. The first-order chi connectivity index (χ1) is 9.72. The van der Waals surface area contributed by atoms with Crippen LogP contribution in [0.3, 0.4) is 0 Å². The minimum atomic E-state index is 0.730. The van der Waals surface area contributed by atoms with Crippen molar-refractivity contribution in [1.82, 2.24) is 9.97 Å². The van der Waals surface area contributed by atoms with Crippen molar-refractivity contribution in [3.63, 3.8) is 0 Å². The lowest BCUT2D eigenvalue weighted by molar-refractivity contribution is 0.397. The summed E-state index contributed by atoms with van der Waals surface area (Å²) in [6.07, 6.45) is 1.55. The fourth-order valence-corrected chi connectivity index (χ4v) is 2.13. The minimum absolute atomic E-state index is 0.730. The van der Waals surface area contributed by atoms with Crippen molar-refractivity contribution in [3.05, 3.63) is 30.1 Å². The molecule has 5 nitrogen and oxygen atoms in total. The molecule has 0 saturated carbocycles. The molecule has 0 unspecified atom stereocenters. The van der Waals surface area contributed by atoms with Gasteiger partial charge < -0.3 is 14.8 Å². The lowest BCUT2D eigenvalue weighted by Gasteiger charge is -2.15. The molecule has 1 aromatic carbocycles. The number of hydrogen-bond donors (Lipinski definition) is 1. The number of nitrogens with one attached hydrogen (secondary N) is 1.